The first-order valence-corrected chi connectivity index (χ1v) is 10.1. The number of aromatic nitrogens is 4. The Morgan fingerprint density at radius 2 is 2.19 bits per heavy atom. The number of urea groups is 1. The molecule has 26 heavy (non-hydrogen) atoms. The van der Waals surface area contributed by atoms with Crippen LogP contribution in [-0.4, -0.2) is 44.0 Å². The van der Waals surface area contributed by atoms with Gasteiger partial charge in [0.15, 0.2) is 5.13 Å². The number of hydrogen-bond donors (Lipinski definition) is 1. The summed E-state index contributed by atoms with van der Waals surface area (Å²) in [5.74, 6) is 0.612. The monoisotopic (exact) mass is 372 g/mol. The Balaban J connectivity index is 1.35. The van der Waals surface area contributed by atoms with Gasteiger partial charge in [-0.2, -0.15) is 0 Å². The van der Waals surface area contributed by atoms with E-state index in [1.165, 1.54) is 24.2 Å². The van der Waals surface area contributed by atoms with Crippen molar-refractivity contribution in [1.82, 2.24) is 24.9 Å². The second-order valence-electron chi connectivity index (χ2n) is 7.21. The third-order valence-corrected chi connectivity index (χ3v) is 5.60. The minimum absolute atomic E-state index is 0.0674. The van der Waals surface area contributed by atoms with Crippen LogP contribution in [0.4, 0.5) is 9.93 Å². The number of carbonyl (C=O) groups is 1. The van der Waals surface area contributed by atoms with Crippen LogP contribution in [0.1, 0.15) is 62.9 Å². The molecule has 3 heterocycles. The van der Waals surface area contributed by atoms with Gasteiger partial charge in [0.25, 0.3) is 0 Å². The van der Waals surface area contributed by atoms with Crippen molar-refractivity contribution in [2.24, 2.45) is 0 Å². The van der Waals surface area contributed by atoms with E-state index < -0.39 is 0 Å². The average Bonchev–Trinajstić information content (AvgIpc) is 3.26. The molecule has 138 valence electrons. The third-order valence-electron chi connectivity index (χ3n) is 4.83. The van der Waals surface area contributed by atoms with Gasteiger partial charge in [-0.15, -0.1) is 16.4 Å². The van der Waals surface area contributed by atoms with Crippen molar-refractivity contribution in [2.45, 2.75) is 51.5 Å². The standard InChI is InChI=1S/C18H24N6OS/c1-12(2)24-10-15(21-22-24)13-4-3-8-23(9-7-13)18(25)20-17-19-16(11-26-17)14-5-6-14/h4,10-12,14H,3,5-9H2,1-2H3,(H,19,20,25). The Kier molecular flexibility index (Phi) is 4.76. The molecule has 2 aromatic heterocycles. The molecule has 0 radical (unpaired) electrons. The predicted molar refractivity (Wildman–Crippen MR) is 102 cm³/mol. The van der Waals surface area contributed by atoms with E-state index in [9.17, 15) is 4.79 Å². The maximum absolute atomic E-state index is 12.6. The lowest BCUT2D eigenvalue weighted by Crippen LogP contribution is -2.35. The van der Waals surface area contributed by atoms with Gasteiger partial charge in [0.2, 0.25) is 0 Å². The van der Waals surface area contributed by atoms with Gasteiger partial charge in [-0.25, -0.2) is 14.5 Å². The molecular weight excluding hydrogens is 348 g/mol. The molecule has 8 heteroatoms. The topological polar surface area (TPSA) is 75.9 Å². The quantitative estimate of drug-likeness (QED) is 0.883. The minimum Gasteiger partial charge on any atom is -0.324 e. The van der Waals surface area contributed by atoms with Gasteiger partial charge in [-0.3, -0.25) is 5.32 Å². The van der Waals surface area contributed by atoms with Gasteiger partial charge in [-0.1, -0.05) is 11.3 Å². The van der Waals surface area contributed by atoms with Crippen molar-refractivity contribution < 1.29 is 4.79 Å². The van der Waals surface area contributed by atoms with Gasteiger partial charge in [0.1, 0.15) is 5.69 Å². The lowest BCUT2D eigenvalue weighted by molar-refractivity contribution is 0.214. The highest BCUT2D eigenvalue weighted by Crippen LogP contribution is 2.40. The first-order chi connectivity index (χ1) is 12.6. The molecule has 7 nitrogen and oxygen atoms in total. The molecule has 0 atom stereocenters. The Bertz CT molecular complexity index is 819. The van der Waals surface area contributed by atoms with Gasteiger partial charge in [-0.05, 0) is 45.1 Å². The van der Waals surface area contributed by atoms with Crippen molar-refractivity contribution in [3.8, 4) is 0 Å². The molecule has 1 saturated carbocycles. The Morgan fingerprint density at radius 3 is 2.92 bits per heavy atom. The number of nitrogens with zero attached hydrogens (tertiary/aromatic N) is 5. The third kappa shape index (κ3) is 3.80. The van der Waals surface area contributed by atoms with E-state index in [1.807, 2.05) is 15.8 Å². The van der Waals surface area contributed by atoms with Crippen LogP contribution in [0, 0.1) is 0 Å². The van der Waals surface area contributed by atoms with Crippen molar-refractivity contribution in [2.75, 3.05) is 18.4 Å². The van der Waals surface area contributed by atoms with Crippen molar-refractivity contribution in [3.05, 3.63) is 29.0 Å². The summed E-state index contributed by atoms with van der Waals surface area (Å²) in [5.41, 5.74) is 3.20. The molecule has 0 aromatic carbocycles. The summed E-state index contributed by atoms with van der Waals surface area (Å²) in [4.78, 5) is 19.0. The van der Waals surface area contributed by atoms with Crippen LogP contribution in [0.2, 0.25) is 0 Å². The van der Waals surface area contributed by atoms with Crippen LogP contribution in [0.3, 0.4) is 0 Å². The van der Waals surface area contributed by atoms with E-state index in [1.54, 1.807) is 0 Å². The lowest BCUT2D eigenvalue weighted by atomic mass is 10.1. The van der Waals surface area contributed by atoms with Crippen LogP contribution < -0.4 is 5.32 Å². The first-order valence-electron chi connectivity index (χ1n) is 9.22. The van der Waals surface area contributed by atoms with Crippen LogP contribution in [-0.2, 0) is 0 Å². The van der Waals surface area contributed by atoms with Crippen LogP contribution in [0.15, 0.2) is 17.7 Å². The van der Waals surface area contributed by atoms with Gasteiger partial charge < -0.3 is 4.90 Å². The summed E-state index contributed by atoms with van der Waals surface area (Å²) >= 11 is 1.51. The number of carbonyl (C=O) groups excluding carboxylic acids is 1. The van der Waals surface area contributed by atoms with E-state index in [0.29, 0.717) is 30.2 Å². The highest BCUT2D eigenvalue weighted by Gasteiger charge is 2.26. The average molecular weight is 372 g/mol. The molecule has 0 unspecified atom stereocenters. The highest BCUT2D eigenvalue weighted by molar-refractivity contribution is 7.13. The largest absolute Gasteiger partial charge is 0.324 e. The Morgan fingerprint density at radius 1 is 1.35 bits per heavy atom. The summed E-state index contributed by atoms with van der Waals surface area (Å²) in [5, 5.41) is 14.2. The van der Waals surface area contributed by atoms with E-state index in [0.717, 1.165) is 29.8 Å². The number of amides is 2. The van der Waals surface area contributed by atoms with E-state index in [4.69, 9.17) is 0 Å². The van der Waals surface area contributed by atoms with Gasteiger partial charge >= 0.3 is 6.03 Å². The normalized spacial score (nSPS) is 18.0. The number of rotatable bonds is 4. The fourth-order valence-corrected chi connectivity index (χ4v) is 3.84. The van der Waals surface area contributed by atoms with Crippen molar-refractivity contribution in [1.29, 1.82) is 0 Å². The molecule has 1 fully saturated rings. The van der Waals surface area contributed by atoms with E-state index in [-0.39, 0.29) is 6.03 Å². The summed E-state index contributed by atoms with van der Waals surface area (Å²) in [6, 6.07) is 0.228. The molecule has 0 bridgehead atoms. The Hall–Kier alpha value is -2.22. The number of anilines is 1. The zero-order valence-corrected chi connectivity index (χ0v) is 16.0. The van der Waals surface area contributed by atoms with Crippen molar-refractivity contribution in [3.63, 3.8) is 0 Å². The zero-order chi connectivity index (χ0) is 18.1. The molecule has 1 aliphatic carbocycles. The molecule has 2 amide bonds. The van der Waals surface area contributed by atoms with Crippen LogP contribution in [0.25, 0.3) is 5.57 Å². The fraction of sp³-hybridized carbons (Fsp3) is 0.556. The molecule has 2 aromatic rings. The predicted octanol–water partition coefficient (Wildman–Crippen LogP) is 3.90. The zero-order valence-electron chi connectivity index (χ0n) is 15.2. The molecule has 2 aliphatic rings. The molecule has 1 aliphatic heterocycles. The van der Waals surface area contributed by atoms with Gasteiger partial charge in [0, 0.05) is 30.4 Å². The molecular formula is C18H24N6OS. The highest BCUT2D eigenvalue weighted by atomic mass is 32.1. The molecule has 0 spiro atoms. The molecule has 4 rings (SSSR count). The Labute approximate surface area is 157 Å². The fourth-order valence-electron chi connectivity index (χ4n) is 3.06. The van der Waals surface area contributed by atoms with E-state index >= 15 is 0 Å². The maximum atomic E-state index is 12.6. The van der Waals surface area contributed by atoms with Crippen LogP contribution >= 0.6 is 11.3 Å². The number of hydrogen-bond acceptors (Lipinski definition) is 5. The molecule has 0 saturated heterocycles. The summed E-state index contributed by atoms with van der Waals surface area (Å²) in [6.45, 7) is 5.54. The number of thiazole rings is 1. The SMILES string of the molecule is CC(C)n1cc(C2=CCCN(C(=O)Nc3nc(C4CC4)cs3)CC2)nn1. The number of nitrogens with one attached hydrogen (secondary N) is 1. The minimum atomic E-state index is -0.0674. The summed E-state index contributed by atoms with van der Waals surface area (Å²) in [6.07, 6.45) is 8.22. The lowest BCUT2D eigenvalue weighted by Gasteiger charge is -2.20. The summed E-state index contributed by atoms with van der Waals surface area (Å²) < 4.78 is 1.87. The summed E-state index contributed by atoms with van der Waals surface area (Å²) in [7, 11) is 0. The first kappa shape index (κ1) is 17.2. The van der Waals surface area contributed by atoms with Crippen LogP contribution in [0.5, 0.6) is 0 Å². The van der Waals surface area contributed by atoms with E-state index in [2.05, 4.69) is 45.9 Å². The second kappa shape index (κ2) is 7.19. The second-order valence-corrected chi connectivity index (χ2v) is 8.07. The van der Waals surface area contributed by atoms with Gasteiger partial charge in [0.05, 0.1) is 11.9 Å². The smallest absolute Gasteiger partial charge is 0.323 e. The maximum Gasteiger partial charge on any atom is 0.323 e. The molecule has 1 N–H and O–H groups in total. The van der Waals surface area contributed by atoms with Crippen molar-refractivity contribution >= 4 is 28.1 Å².